The number of furan rings is 1. The third-order valence-corrected chi connectivity index (χ3v) is 4.03. The summed E-state index contributed by atoms with van der Waals surface area (Å²) in [6, 6.07) is 3.96. The quantitative estimate of drug-likeness (QED) is 0.624. The minimum Gasteiger partial charge on any atom is -0.460 e. The molecule has 1 aliphatic rings. The summed E-state index contributed by atoms with van der Waals surface area (Å²) in [6.07, 6.45) is 10.7. The molecule has 0 saturated heterocycles. The van der Waals surface area contributed by atoms with Crippen LogP contribution in [-0.2, 0) is 6.54 Å². The normalized spacial score (nSPS) is 15.2. The molecule has 0 aliphatic heterocycles. The summed E-state index contributed by atoms with van der Waals surface area (Å²) in [5.74, 6) is 1.78. The van der Waals surface area contributed by atoms with Crippen LogP contribution in [0, 0.1) is 6.92 Å². The topological polar surface area (TPSA) is 53.9 Å². The Labute approximate surface area is 125 Å². The van der Waals surface area contributed by atoms with Crippen molar-refractivity contribution < 1.29 is 4.42 Å². The van der Waals surface area contributed by atoms with E-state index in [1.54, 1.807) is 5.57 Å². The lowest BCUT2D eigenvalue weighted by Crippen LogP contribution is -2.15. The van der Waals surface area contributed by atoms with Crippen LogP contribution in [0.4, 0.5) is 0 Å². The molecule has 0 spiro atoms. The average molecular weight is 285 g/mol. The van der Waals surface area contributed by atoms with Crippen molar-refractivity contribution >= 4 is 0 Å². The molecular formula is C17H23N3O. The van der Waals surface area contributed by atoms with Crippen LogP contribution in [0.3, 0.4) is 0 Å². The number of hydrogen-bond acceptors (Lipinski definition) is 3. The van der Waals surface area contributed by atoms with Gasteiger partial charge >= 0.3 is 0 Å². The summed E-state index contributed by atoms with van der Waals surface area (Å²) in [5, 5.41) is 10.7. The maximum absolute atomic E-state index is 5.66. The largest absolute Gasteiger partial charge is 0.460 e. The number of hydrogen-bond donors (Lipinski definition) is 2. The van der Waals surface area contributed by atoms with Gasteiger partial charge in [0.15, 0.2) is 5.76 Å². The van der Waals surface area contributed by atoms with E-state index in [-0.39, 0.29) is 0 Å². The zero-order chi connectivity index (χ0) is 14.5. The predicted octanol–water partition coefficient (Wildman–Crippen LogP) is 3.96. The maximum atomic E-state index is 5.66. The van der Waals surface area contributed by atoms with E-state index in [0.29, 0.717) is 0 Å². The van der Waals surface area contributed by atoms with Crippen molar-refractivity contribution in [3.63, 3.8) is 0 Å². The van der Waals surface area contributed by atoms with Crippen molar-refractivity contribution in [2.75, 3.05) is 6.54 Å². The number of rotatable bonds is 6. The van der Waals surface area contributed by atoms with Crippen molar-refractivity contribution in [2.45, 2.75) is 45.6 Å². The zero-order valence-corrected chi connectivity index (χ0v) is 12.6. The molecule has 112 valence electrons. The standard InChI is InChI=1S/C17H23N3O/c1-13-7-8-16(21-13)17-15(12-19-20-17)11-18-10-9-14-5-3-2-4-6-14/h5,7-8,12,18H,2-4,6,9-11H2,1H3,(H,19,20). The molecule has 0 aromatic carbocycles. The summed E-state index contributed by atoms with van der Waals surface area (Å²) in [6.45, 7) is 3.79. The highest BCUT2D eigenvalue weighted by atomic mass is 16.3. The maximum Gasteiger partial charge on any atom is 0.152 e. The van der Waals surface area contributed by atoms with Crippen LogP contribution in [0.1, 0.15) is 43.4 Å². The van der Waals surface area contributed by atoms with Crippen molar-refractivity contribution in [1.82, 2.24) is 15.5 Å². The Hall–Kier alpha value is -1.81. The van der Waals surface area contributed by atoms with Crippen LogP contribution in [0.25, 0.3) is 11.5 Å². The summed E-state index contributed by atoms with van der Waals surface area (Å²) < 4.78 is 5.66. The number of H-pyrrole nitrogens is 1. The molecule has 2 aromatic rings. The van der Waals surface area contributed by atoms with Crippen LogP contribution in [0.5, 0.6) is 0 Å². The predicted molar refractivity (Wildman–Crippen MR) is 83.9 cm³/mol. The van der Waals surface area contributed by atoms with Crippen LogP contribution >= 0.6 is 0 Å². The number of allylic oxidation sites excluding steroid dienone is 1. The van der Waals surface area contributed by atoms with E-state index in [0.717, 1.165) is 42.3 Å². The summed E-state index contributed by atoms with van der Waals surface area (Å²) >= 11 is 0. The van der Waals surface area contributed by atoms with Gasteiger partial charge in [-0.2, -0.15) is 5.10 Å². The highest BCUT2D eigenvalue weighted by Gasteiger charge is 2.11. The van der Waals surface area contributed by atoms with Gasteiger partial charge in [-0.15, -0.1) is 0 Å². The molecule has 0 fully saturated rings. The Bertz CT molecular complexity index is 609. The van der Waals surface area contributed by atoms with Gasteiger partial charge in [-0.05, 0) is 57.7 Å². The van der Waals surface area contributed by atoms with E-state index < -0.39 is 0 Å². The lowest BCUT2D eigenvalue weighted by atomic mass is 9.97. The number of aromatic nitrogens is 2. The van der Waals surface area contributed by atoms with E-state index in [1.807, 2.05) is 25.3 Å². The third kappa shape index (κ3) is 3.64. The fraction of sp³-hybridized carbons (Fsp3) is 0.471. The molecule has 1 aliphatic carbocycles. The fourth-order valence-corrected chi connectivity index (χ4v) is 2.83. The fourth-order valence-electron chi connectivity index (χ4n) is 2.83. The number of nitrogens with one attached hydrogen (secondary N) is 2. The van der Waals surface area contributed by atoms with Crippen molar-refractivity contribution in [3.8, 4) is 11.5 Å². The average Bonchev–Trinajstić information content (AvgIpc) is 3.13. The highest BCUT2D eigenvalue weighted by Crippen LogP contribution is 2.23. The molecule has 0 amide bonds. The Morgan fingerprint density at radius 2 is 2.29 bits per heavy atom. The molecule has 0 unspecified atom stereocenters. The van der Waals surface area contributed by atoms with Crippen molar-refractivity contribution in [2.24, 2.45) is 0 Å². The minimum absolute atomic E-state index is 0.818. The highest BCUT2D eigenvalue weighted by molar-refractivity contribution is 5.56. The first-order valence-electron chi connectivity index (χ1n) is 7.80. The molecule has 21 heavy (non-hydrogen) atoms. The number of aromatic amines is 1. The molecular weight excluding hydrogens is 262 g/mol. The molecule has 4 heteroatoms. The molecule has 0 saturated carbocycles. The Kier molecular flexibility index (Phi) is 4.55. The zero-order valence-electron chi connectivity index (χ0n) is 12.6. The first-order chi connectivity index (χ1) is 10.3. The first kappa shape index (κ1) is 14.1. The van der Waals surface area contributed by atoms with Gasteiger partial charge in [0.1, 0.15) is 11.5 Å². The van der Waals surface area contributed by atoms with Crippen molar-refractivity contribution in [3.05, 3.63) is 41.3 Å². The SMILES string of the molecule is Cc1ccc(-c2[nH]ncc2CNCCC2=CCCCC2)o1. The van der Waals surface area contributed by atoms with Gasteiger partial charge in [0, 0.05) is 12.1 Å². The van der Waals surface area contributed by atoms with Crippen LogP contribution < -0.4 is 5.32 Å². The lowest BCUT2D eigenvalue weighted by Gasteiger charge is -2.12. The van der Waals surface area contributed by atoms with Gasteiger partial charge < -0.3 is 9.73 Å². The van der Waals surface area contributed by atoms with Gasteiger partial charge in [0.25, 0.3) is 0 Å². The van der Waals surface area contributed by atoms with E-state index in [9.17, 15) is 0 Å². The minimum atomic E-state index is 0.818. The number of aryl methyl sites for hydroxylation is 1. The van der Waals surface area contributed by atoms with E-state index in [2.05, 4.69) is 21.6 Å². The lowest BCUT2D eigenvalue weighted by molar-refractivity contribution is 0.545. The van der Waals surface area contributed by atoms with Crippen molar-refractivity contribution in [1.29, 1.82) is 0 Å². The smallest absolute Gasteiger partial charge is 0.152 e. The first-order valence-corrected chi connectivity index (χ1v) is 7.80. The summed E-state index contributed by atoms with van der Waals surface area (Å²) in [7, 11) is 0. The second-order valence-electron chi connectivity index (χ2n) is 5.72. The van der Waals surface area contributed by atoms with Gasteiger partial charge in [-0.1, -0.05) is 11.6 Å². The van der Waals surface area contributed by atoms with E-state index in [1.165, 1.54) is 25.7 Å². The Morgan fingerprint density at radius 3 is 3.05 bits per heavy atom. The molecule has 2 N–H and O–H groups in total. The molecule has 2 aromatic heterocycles. The second kappa shape index (κ2) is 6.76. The molecule has 2 heterocycles. The monoisotopic (exact) mass is 285 g/mol. The molecule has 0 radical (unpaired) electrons. The van der Waals surface area contributed by atoms with Gasteiger partial charge in [0.2, 0.25) is 0 Å². The Balaban J connectivity index is 1.52. The summed E-state index contributed by atoms with van der Waals surface area (Å²) in [4.78, 5) is 0. The molecule has 3 rings (SSSR count). The molecule has 0 atom stereocenters. The number of nitrogens with zero attached hydrogens (tertiary/aromatic N) is 1. The molecule has 0 bridgehead atoms. The third-order valence-electron chi connectivity index (χ3n) is 4.03. The van der Waals surface area contributed by atoms with Gasteiger partial charge in [-0.3, -0.25) is 5.10 Å². The summed E-state index contributed by atoms with van der Waals surface area (Å²) in [5.41, 5.74) is 3.75. The van der Waals surface area contributed by atoms with E-state index >= 15 is 0 Å². The van der Waals surface area contributed by atoms with E-state index in [4.69, 9.17) is 4.42 Å². The van der Waals surface area contributed by atoms with Crippen LogP contribution in [0.2, 0.25) is 0 Å². The second-order valence-corrected chi connectivity index (χ2v) is 5.72. The van der Waals surface area contributed by atoms with Gasteiger partial charge in [-0.25, -0.2) is 0 Å². The van der Waals surface area contributed by atoms with Crippen LogP contribution in [0.15, 0.2) is 34.4 Å². The van der Waals surface area contributed by atoms with Gasteiger partial charge in [0.05, 0.1) is 6.20 Å². The Morgan fingerprint density at radius 1 is 1.33 bits per heavy atom. The van der Waals surface area contributed by atoms with Crippen LogP contribution in [-0.4, -0.2) is 16.7 Å². The molecule has 4 nitrogen and oxygen atoms in total.